The van der Waals surface area contributed by atoms with Crippen molar-refractivity contribution < 1.29 is 9.21 Å². The summed E-state index contributed by atoms with van der Waals surface area (Å²) in [6, 6.07) is 7.86. The molecule has 3 aromatic rings. The van der Waals surface area contributed by atoms with Gasteiger partial charge in [-0.1, -0.05) is 29.8 Å². The molecule has 8 heteroatoms. The summed E-state index contributed by atoms with van der Waals surface area (Å²) in [5.41, 5.74) is 5.60. The lowest BCUT2D eigenvalue weighted by atomic mass is 10.2. The topological polar surface area (TPSA) is 81.1 Å². The Morgan fingerprint density at radius 3 is 2.86 bits per heavy atom. The van der Waals surface area contributed by atoms with Gasteiger partial charge in [-0.25, -0.2) is 4.98 Å². The molecule has 2 aromatic heterocycles. The first-order chi connectivity index (χ1) is 10.2. The number of oxazole rings is 1. The van der Waals surface area contributed by atoms with E-state index in [2.05, 4.69) is 10.3 Å². The average molecular weight is 358 g/mol. The van der Waals surface area contributed by atoms with Crippen LogP contribution in [0.1, 0.15) is 21.3 Å². The number of halogens is 2. The molecular weight excluding hydrogens is 345 g/mol. The van der Waals surface area contributed by atoms with Crippen molar-refractivity contribution in [2.24, 2.45) is 5.73 Å². The highest BCUT2D eigenvalue weighted by Crippen LogP contribution is 2.34. The zero-order chi connectivity index (χ0) is 14.8. The van der Waals surface area contributed by atoms with Crippen LogP contribution in [0.15, 0.2) is 34.9 Å². The van der Waals surface area contributed by atoms with Gasteiger partial charge in [0.15, 0.2) is 5.69 Å². The van der Waals surface area contributed by atoms with Crippen molar-refractivity contribution in [3.05, 3.63) is 52.0 Å². The van der Waals surface area contributed by atoms with Crippen LogP contribution >= 0.6 is 35.3 Å². The Balaban J connectivity index is 0.00000176. The van der Waals surface area contributed by atoms with Crippen molar-refractivity contribution in [2.45, 2.75) is 13.1 Å². The van der Waals surface area contributed by atoms with Crippen LogP contribution in [0, 0.1) is 0 Å². The second-order valence-corrected chi connectivity index (χ2v) is 5.86. The van der Waals surface area contributed by atoms with Crippen molar-refractivity contribution in [3.8, 4) is 0 Å². The van der Waals surface area contributed by atoms with Crippen LogP contribution < -0.4 is 11.1 Å². The van der Waals surface area contributed by atoms with Crippen molar-refractivity contribution in [2.75, 3.05) is 0 Å². The smallest absolute Gasteiger partial charge is 0.273 e. The van der Waals surface area contributed by atoms with E-state index in [-0.39, 0.29) is 30.6 Å². The van der Waals surface area contributed by atoms with Gasteiger partial charge in [-0.2, -0.15) is 0 Å². The number of nitrogens with two attached hydrogens (primary N) is 1. The third kappa shape index (κ3) is 3.25. The van der Waals surface area contributed by atoms with Gasteiger partial charge in [-0.15, -0.1) is 23.7 Å². The van der Waals surface area contributed by atoms with Crippen molar-refractivity contribution in [3.63, 3.8) is 0 Å². The summed E-state index contributed by atoms with van der Waals surface area (Å²) >= 11 is 7.88. The van der Waals surface area contributed by atoms with E-state index in [9.17, 15) is 4.79 Å². The van der Waals surface area contributed by atoms with Gasteiger partial charge in [0.2, 0.25) is 5.89 Å². The number of hydrogen-bond acceptors (Lipinski definition) is 5. The summed E-state index contributed by atoms with van der Waals surface area (Å²) in [5, 5.41) is 4.46. The first-order valence-corrected chi connectivity index (χ1v) is 7.47. The molecule has 1 aromatic carbocycles. The highest BCUT2D eigenvalue weighted by molar-refractivity contribution is 7.19. The standard InChI is InChI=1S/C14H12ClN3O2S.ClH/c15-13-8-3-1-2-4-10(8)21-11(13)6-17-14(19)9-7-20-12(5-16)18-9;/h1-4,7H,5-6,16H2,(H,17,19);1H. The maximum atomic E-state index is 12.0. The van der Waals surface area contributed by atoms with Gasteiger partial charge in [-0.3, -0.25) is 4.79 Å². The Morgan fingerprint density at radius 1 is 1.41 bits per heavy atom. The van der Waals surface area contributed by atoms with E-state index in [1.165, 1.54) is 6.26 Å². The van der Waals surface area contributed by atoms with Gasteiger partial charge in [0.05, 0.1) is 18.1 Å². The number of fused-ring (bicyclic) bond motifs is 1. The number of thiophene rings is 1. The summed E-state index contributed by atoms with van der Waals surface area (Å²) in [6.45, 7) is 0.511. The molecule has 0 radical (unpaired) electrons. The molecule has 0 fully saturated rings. The number of benzene rings is 1. The molecule has 3 rings (SSSR count). The van der Waals surface area contributed by atoms with E-state index in [1.807, 2.05) is 24.3 Å². The van der Waals surface area contributed by atoms with E-state index >= 15 is 0 Å². The predicted molar refractivity (Wildman–Crippen MR) is 89.6 cm³/mol. The molecule has 0 unspecified atom stereocenters. The highest BCUT2D eigenvalue weighted by atomic mass is 35.5. The van der Waals surface area contributed by atoms with E-state index in [0.717, 1.165) is 15.0 Å². The van der Waals surface area contributed by atoms with Gasteiger partial charge in [0.1, 0.15) is 6.26 Å². The number of hydrogen-bond donors (Lipinski definition) is 2. The number of carbonyl (C=O) groups excluding carboxylic acids is 1. The van der Waals surface area contributed by atoms with E-state index in [4.69, 9.17) is 21.8 Å². The minimum absolute atomic E-state index is 0. The second kappa shape index (κ2) is 7.11. The fraction of sp³-hybridized carbons (Fsp3) is 0.143. The van der Waals surface area contributed by atoms with Crippen LogP contribution in [0.5, 0.6) is 0 Å². The number of carbonyl (C=O) groups is 1. The summed E-state index contributed by atoms with van der Waals surface area (Å²) < 4.78 is 6.13. The van der Waals surface area contributed by atoms with E-state index in [1.54, 1.807) is 11.3 Å². The normalized spacial score (nSPS) is 10.5. The fourth-order valence-corrected chi connectivity index (χ4v) is 3.38. The van der Waals surface area contributed by atoms with Gasteiger partial charge < -0.3 is 15.5 Å². The lowest BCUT2D eigenvalue weighted by Gasteiger charge is -2.01. The van der Waals surface area contributed by atoms with Gasteiger partial charge in [-0.05, 0) is 6.07 Å². The van der Waals surface area contributed by atoms with Crippen molar-refractivity contribution in [1.82, 2.24) is 10.3 Å². The minimum Gasteiger partial charge on any atom is -0.447 e. The van der Waals surface area contributed by atoms with Crippen molar-refractivity contribution >= 4 is 51.3 Å². The molecule has 0 aliphatic carbocycles. The Bertz CT molecular complexity index is 800. The van der Waals surface area contributed by atoms with Crippen LogP contribution in [0.3, 0.4) is 0 Å². The molecule has 5 nitrogen and oxygen atoms in total. The largest absolute Gasteiger partial charge is 0.447 e. The van der Waals surface area contributed by atoms with Crippen LogP contribution in [-0.4, -0.2) is 10.9 Å². The molecule has 0 atom stereocenters. The number of aromatic nitrogens is 1. The first-order valence-electron chi connectivity index (χ1n) is 6.27. The van der Waals surface area contributed by atoms with Crippen LogP contribution in [0.25, 0.3) is 10.1 Å². The molecule has 2 heterocycles. The summed E-state index contributed by atoms with van der Waals surface area (Å²) in [4.78, 5) is 16.8. The number of nitrogens with zero attached hydrogens (tertiary/aromatic N) is 1. The quantitative estimate of drug-likeness (QED) is 0.749. The lowest BCUT2D eigenvalue weighted by molar-refractivity contribution is 0.0946. The van der Waals surface area contributed by atoms with Gasteiger partial charge in [0.25, 0.3) is 5.91 Å². The second-order valence-electron chi connectivity index (χ2n) is 4.35. The number of nitrogens with one attached hydrogen (secondary N) is 1. The van der Waals surface area contributed by atoms with Gasteiger partial charge in [0, 0.05) is 15.0 Å². The molecule has 0 saturated carbocycles. The molecular formula is C14H13Cl2N3O2S. The van der Waals surface area contributed by atoms with E-state index in [0.29, 0.717) is 17.5 Å². The molecule has 0 spiro atoms. The number of amides is 1. The third-order valence-corrected chi connectivity index (χ3v) is 4.68. The minimum atomic E-state index is -0.313. The third-order valence-electron chi connectivity index (χ3n) is 2.97. The molecule has 1 amide bonds. The molecule has 0 aliphatic heterocycles. The lowest BCUT2D eigenvalue weighted by Crippen LogP contribution is -2.22. The summed E-state index contributed by atoms with van der Waals surface area (Å²) in [5.74, 6) is 0.0204. The van der Waals surface area contributed by atoms with E-state index < -0.39 is 0 Å². The fourth-order valence-electron chi connectivity index (χ4n) is 1.94. The number of rotatable bonds is 4. The van der Waals surface area contributed by atoms with Crippen LogP contribution in [-0.2, 0) is 13.1 Å². The molecule has 116 valence electrons. The molecule has 22 heavy (non-hydrogen) atoms. The van der Waals surface area contributed by atoms with Gasteiger partial charge >= 0.3 is 0 Å². The molecule has 0 saturated heterocycles. The monoisotopic (exact) mass is 357 g/mol. The molecule has 0 aliphatic rings. The zero-order valence-corrected chi connectivity index (χ0v) is 13.7. The SMILES string of the molecule is Cl.NCc1nc(C(=O)NCc2sc3ccccc3c2Cl)co1. The summed E-state index contributed by atoms with van der Waals surface area (Å²) in [7, 11) is 0. The average Bonchev–Trinajstić information content (AvgIpc) is 3.10. The van der Waals surface area contributed by atoms with Crippen LogP contribution in [0.2, 0.25) is 5.02 Å². The molecule has 3 N–H and O–H groups in total. The summed E-state index contributed by atoms with van der Waals surface area (Å²) in [6.07, 6.45) is 1.30. The maximum absolute atomic E-state index is 12.0. The Labute approximate surface area is 141 Å². The zero-order valence-electron chi connectivity index (χ0n) is 11.3. The predicted octanol–water partition coefficient (Wildman–Crippen LogP) is 3.35. The Morgan fingerprint density at radius 2 is 2.18 bits per heavy atom. The highest BCUT2D eigenvalue weighted by Gasteiger charge is 2.14. The Kier molecular flexibility index (Phi) is 5.42. The molecule has 0 bridgehead atoms. The Hall–Kier alpha value is -1.60. The maximum Gasteiger partial charge on any atom is 0.273 e. The van der Waals surface area contributed by atoms with Crippen LogP contribution in [0.4, 0.5) is 0 Å². The van der Waals surface area contributed by atoms with Crippen molar-refractivity contribution in [1.29, 1.82) is 0 Å². The first kappa shape index (κ1) is 16.8.